The van der Waals surface area contributed by atoms with E-state index in [1.54, 1.807) is 0 Å². The number of benzene rings is 15. The number of hydrogen-bond donors (Lipinski definition) is 0. The Morgan fingerprint density at radius 2 is 0.670 bits per heavy atom. The van der Waals surface area contributed by atoms with E-state index in [1.807, 2.05) is 0 Å². The van der Waals surface area contributed by atoms with Crippen LogP contribution in [0, 0.1) is 13.8 Å². The third kappa shape index (κ3) is 7.33. The number of rotatable bonds is 8. The average molecular weight is 1160 g/mol. The lowest BCUT2D eigenvalue weighted by molar-refractivity contribution is 0.670. The summed E-state index contributed by atoms with van der Waals surface area (Å²) in [7, 11) is 0. The van der Waals surface area contributed by atoms with Crippen molar-refractivity contribution in [1.82, 2.24) is 0 Å². The molecule has 0 unspecified atom stereocenters. The van der Waals surface area contributed by atoms with Gasteiger partial charge in [0.15, 0.2) is 11.2 Å². The number of aryl methyl sites for hydroxylation is 2. The minimum absolute atomic E-state index is 0.690. The van der Waals surface area contributed by atoms with E-state index in [-0.39, 0.29) is 0 Å². The number of nitrogens with zero attached hydrogens (tertiary/aromatic N) is 2. The van der Waals surface area contributed by atoms with E-state index < -0.39 is 5.41 Å². The van der Waals surface area contributed by atoms with Crippen molar-refractivity contribution < 1.29 is 8.83 Å². The standard InChI is InChI=1S/C87H56N2O2/c1-53-21-9-12-28-62(53)69-32-17-34-71-73-36-19-39-78(85(73)90-83(69)71)88(58-24-5-3-6-25-58)60-44-48-65-56(51-60)41-46-67-68-47-42-57-52-61(45-49-66(57)82(68)87(81(65)67)76-38-16-15-31-75(76)80-64-30-14-11-23-55(64)43-50-77(80)87)89(59-26-7-4-8-27-59)79-40-20-37-74-72-35-18-33-70(84(72)91-86(74)79)63-29-13-10-22-54(63)2/h3-52H,1-2H3. The molecule has 0 N–H and O–H groups in total. The third-order valence-corrected chi connectivity index (χ3v) is 19.9. The topological polar surface area (TPSA) is 32.8 Å². The van der Waals surface area contributed by atoms with Crippen molar-refractivity contribution in [2.75, 3.05) is 9.80 Å². The van der Waals surface area contributed by atoms with Gasteiger partial charge in [0, 0.05) is 55.4 Å². The summed E-state index contributed by atoms with van der Waals surface area (Å²) in [4.78, 5) is 4.76. The van der Waals surface area contributed by atoms with E-state index in [9.17, 15) is 0 Å². The largest absolute Gasteiger partial charge is 0.453 e. The Balaban J connectivity index is 0.827. The summed E-state index contributed by atoms with van der Waals surface area (Å²) in [5, 5.41) is 11.6. The molecule has 19 rings (SSSR count). The van der Waals surface area contributed by atoms with Crippen molar-refractivity contribution in [3.8, 4) is 44.5 Å². The predicted octanol–water partition coefficient (Wildman–Crippen LogP) is 24.2. The maximum absolute atomic E-state index is 7.19. The van der Waals surface area contributed by atoms with Crippen molar-refractivity contribution in [2.45, 2.75) is 19.3 Å². The molecule has 4 heteroatoms. The van der Waals surface area contributed by atoms with Crippen molar-refractivity contribution in [3.63, 3.8) is 0 Å². The molecule has 426 valence electrons. The van der Waals surface area contributed by atoms with Gasteiger partial charge in [-0.2, -0.15) is 0 Å². The first-order valence-electron chi connectivity index (χ1n) is 31.5. The summed E-state index contributed by atoms with van der Waals surface area (Å²) in [6.45, 7) is 4.35. The average Bonchev–Trinajstić information content (AvgIpc) is 1.50. The van der Waals surface area contributed by atoms with Gasteiger partial charge in [0.2, 0.25) is 0 Å². The van der Waals surface area contributed by atoms with E-state index in [4.69, 9.17) is 8.83 Å². The van der Waals surface area contributed by atoms with Crippen LogP contribution >= 0.6 is 0 Å². The second-order valence-corrected chi connectivity index (χ2v) is 24.6. The van der Waals surface area contributed by atoms with Gasteiger partial charge < -0.3 is 18.6 Å². The first kappa shape index (κ1) is 51.3. The third-order valence-electron chi connectivity index (χ3n) is 19.9. The van der Waals surface area contributed by atoms with Gasteiger partial charge in [-0.3, -0.25) is 0 Å². The molecule has 0 saturated carbocycles. The van der Waals surface area contributed by atoms with E-state index in [0.29, 0.717) is 0 Å². The molecule has 2 aliphatic rings. The molecular weight excluding hydrogens is 1100 g/mol. The molecule has 1 spiro atoms. The van der Waals surface area contributed by atoms with Gasteiger partial charge >= 0.3 is 0 Å². The molecule has 2 aromatic heterocycles. The minimum atomic E-state index is -0.690. The Bertz CT molecular complexity index is 5600. The first-order chi connectivity index (χ1) is 45.0. The second kappa shape index (κ2) is 19.6. The highest BCUT2D eigenvalue weighted by atomic mass is 16.3. The Morgan fingerprint density at radius 3 is 1.20 bits per heavy atom. The first-order valence-corrected chi connectivity index (χ1v) is 31.5. The molecule has 0 fully saturated rings. The van der Waals surface area contributed by atoms with Crippen LogP contribution in [-0.4, -0.2) is 0 Å². The van der Waals surface area contributed by atoms with Gasteiger partial charge in [-0.25, -0.2) is 0 Å². The van der Waals surface area contributed by atoms with Crippen molar-refractivity contribution in [3.05, 3.63) is 337 Å². The summed E-state index contributed by atoms with van der Waals surface area (Å²) < 4.78 is 14.4. The fourth-order valence-electron chi connectivity index (χ4n) is 16.0. The van der Waals surface area contributed by atoms with Gasteiger partial charge in [-0.15, -0.1) is 0 Å². The summed E-state index contributed by atoms with van der Waals surface area (Å²) in [5.41, 5.74) is 26.2. The summed E-state index contributed by atoms with van der Waals surface area (Å²) in [5.74, 6) is 0. The molecule has 4 nitrogen and oxygen atoms in total. The molecule has 91 heavy (non-hydrogen) atoms. The SMILES string of the molecule is Cc1ccccc1-c1cccc2c1oc1c(N(c3ccccc3)c3ccc4c5c(ccc4c3)-c3ccc4cc(N(c6ccccc6)c6cccc7c6oc6c(-c8ccccc8C)cccc67)ccc4c3C53c4ccccc4-c4c3ccc3ccccc43)cccc12. The highest BCUT2D eigenvalue weighted by Gasteiger charge is 2.54. The second-order valence-electron chi connectivity index (χ2n) is 24.6. The molecule has 0 radical (unpaired) electrons. The van der Waals surface area contributed by atoms with Crippen molar-refractivity contribution >= 4 is 110 Å². The maximum atomic E-state index is 7.19. The summed E-state index contributed by atoms with van der Waals surface area (Å²) >= 11 is 0. The number of hydrogen-bond acceptors (Lipinski definition) is 4. The van der Waals surface area contributed by atoms with Crippen LogP contribution in [0.25, 0.3) is 121 Å². The fourth-order valence-corrected chi connectivity index (χ4v) is 16.0. The molecule has 17 aromatic rings. The molecule has 0 saturated heterocycles. The van der Waals surface area contributed by atoms with E-state index in [0.717, 1.165) is 99.9 Å². The lowest BCUT2D eigenvalue weighted by atomic mass is 9.68. The lowest BCUT2D eigenvalue weighted by Gasteiger charge is -2.33. The number of para-hydroxylation sites is 6. The molecule has 0 aliphatic heterocycles. The molecule has 2 heterocycles. The Kier molecular flexibility index (Phi) is 11.1. The molecule has 0 bridgehead atoms. The molecule has 0 amide bonds. The Labute approximate surface area is 526 Å². The van der Waals surface area contributed by atoms with Gasteiger partial charge in [0.1, 0.15) is 11.2 Å². The zero-order valence-corrected chi connectivity index (χ0v) is 50.1. The minimum Gasteiger partial charge on any atom is -0.453 e. The molecule has 2 aliphatic carbocycles. The Hall–Kier alpha value is -11.7. The molecule has 15 aromatic carbocycles. The van der Waals surface area contributed by atoms with Crippen molar-refractivity contribution in [1.29, 1.82) is 0 Å². The van der Waals surface area contributed by atoms with Gasteiger partial charge in [0.25, 0.3) is 0 Å². The Morgan fingerprint density at radius 1 is 0.253 bits per heavy atom. The number of anilines is 6. The highest BCUT2D eigenvalue weighted by Crippen LogP contribution is 2.67. The monoisotopic (exact) mass is 1160 g/mol. The summed E-state index contributed by atoms with van der Waals surface area (Å²) in [6.07, 6.45) is 0. The number of fused-ring (bicyclic) bond motifs is 22. The van der Waals surface area contributed by atoms with Crippen LogP contribution in [-0.2, 0) is 5.41 Å². The highest BCUT2D eigenvalue weighted by molar-refractivity contribution is 6.17. The van der Waals surface area contributed by atoms with E-state index in [2.05, 4.69) is 327 Å². The zero-order chi connectivity index (χ0) is 60.1. The number of furan rings is 2. The van der Waals surface area contributed by atoms with Crippen LogP contribution < -0.4 is 9.80 Å². The lowest BCUT2D eigenvalue weighted by Crippen LogP contribution is -2.26. The van der Waals surface area contributed by atoms with E-state index >= 15 is 0 Å². The van der Waals surface area contributed by atoms with Gasteiger partial charge in [-0.1, -0.05) is 243 Å². The maximum Gasteiger partial charge on any atom is 0.159 e. The van der Waals surface area contributed by atoms with Crippen molar-refractivity contribution in [2.24, 2.45) is 0 Å². The molecular formula is C87H56N2O2. The summed E-state index contributed by atoms with van der Waals surface area (Å²) in [6, 6.07) is 112. The van der Waals surface area contributed by atoms with Crippen LogP contribution in [0.3, 0.4) is 0 Å². The van der Waals surface area contributed by atoms with Crippen LogP contribution in [0.5, 0.6) is 0 Å². The molecule has 0 atom stereocenters. The van der Waals surface area contributed by atoms with Crippen LogP contribution in [0.1, 0.15) is 33.4 Å². The zero-order valence-electron chi connectivity index (χ0n) is 50.1. The fraction of sp³-hybridized carbons (Fsp3) is 0.0345. The van der Waals surface area contributed by atoms with Crippen LogP contribution in [0.2, 0.25) is 0 Å². The predicted molar refractivity (Wildman–Crippen MR) is 380 cm³/mol. The quantitative estimate of drug-likeness (QED) is 0.152. The van der Waals surface area contributed by atoms with Crippen LogP contribution in [0.4, 0.5) is 34.1 Å². The normalized spacial score (nSPS) is 12.8. The van der Waals surface area contributed by atoms with Crippen LogP contribution in [0.15, 0.2) is 312 Å². The smallest absolute Gasteiger partial charge is 0.159 e. The van der Waals surface area contributed by atoms with E-state index in [1.165, 1.54) is 88.3 Å². The van der Waals surface area contributed by atoms with Gasteiger partial charge in [-0.05, 0) is 174 Å². The van der Waals surface area contributed by atoms with Gasteiger partial charge in [0.05, 0.1) is 16.8 Å².